The molecule has 0 fully saturated rings. The standard InChI is InChI=1S/C29H34ClN3O4S/c1-21(2)31-29(35)27(18-23-8-6-5-7-9-23)33(19-24-12-14-25(30)15-13-24)28(34)20-32(4)38(36,37)26-16-10-22(3)11-17-26/h5-17,21,27H,18-20H2,1-4H3,(H,31,35)/t27-/m1/s1. The molecule has 3 aromatic carbocycles. The van der Waals surface area contributed by atoms with Crippen molar-refractivity contribution in [3.05, 3.63) is 101 Å². The Hall–Kier alpha value is -3.20. The molecule has 0 aliphatic carbocycles. The number of likely N-dealkylation sites (N-methyl/N-ethyl adjacent to an activating group) is 1. The van der Waals surface area contributed by atoms with E-state index in [1.165, 1.54) is 24.1 Å². The van der Waals surface area contributed by atoms with Crippen LogP contribution in [0.4, 0.5) is 0 Å². The monoisotopic (exact) mass is 555 g/mol. The fourth-order valence-corrected chi connectivity index (χ4v) is 5.22. The van der Waals surface area contributed by atoms with Gasteiger partial charge in [-0.2, -0.15) is 4.31 Å². The molecule has 2 amide bonds. The highest BCUT2D eigenvalue weighted by molar-refractivity contribution is 7.89. The summed E-state index contributed by atoms with van der Waals surface area (Å²) in [4.78, 5) is 28.8. The van der Waals surface area contributed by atoms with Crippen molar-refractivity contribution in [2.24, 2.45) is 0 Å². The molecule has 0 spiro atoms. The summed E-state index contributed by atoms with van der Waals surface area (Å²) < 4.78 is 27.4. The minimum absolute atomic E-state index is 0.0982. The van der Waals surface area contributed by atoms with E-state index >= 15 is 0 Å². The van der Waals surface area contributed by atoms with Gasteiger partial charge in [-0.1, -0.05) is 71.8 Å². The summed E-state index contributed by atoms with van der Waals surface area (Å²) in [6, 6.07) is 21.9. The number of aryl methyl sites for hydroxylation is 1. The first-order valence-electron chi connectivity index (χ1n) is 12.4. The normalized spacial score (nSPS) is 12.4. The van der Waals surface area contributed by atoms with Gasteiger partial charge < -0.3 is 10.2 Å². The van der Waals surface area contributed by atoms with Crippen LogP contribution >= 0.6 is 11.6 Å². The van der Waals surface area contributed by atoms with E-state index in [2.05, 4.69) is 5.32 Å². The van der Waals surface area contributed by atoms with E-state index in [1.807, 2.05) is 51.1 Å². The van der Waals surface area contributed by atoms with Crippen molar-refractivity contribution >= 4 is 33.4 Å². The predicted molar refractivity (Wildman–Crippen MR) is 150 cm³/mol. The second-order valence-electron chi connectivity index (χ2n) is 9.59. The van der Waals surface area contributed by atoms with E-state index in [9.17, 15) is 18.0 Å². The molecule has 0 radical (unpaired) electrons. The molecule has 0 saturated heterocycles. The van der Waals surface area contributed by atoms with Crippen LogP contribution in [0.25, 0.3) is 0 Å². The summed E-state index contributed by atoms with van der Waals surface area (Å²) in [5.41, 5.74) is 2.57. The molecule has 0 aliphatic rings. The Balaban J connectivity index is 1.96. The van der Waals surface area contributed by atoms with Gasteiger partial charge in [0, 0.05) is 31.1 Å². The molecule has 38 heavy (non-hydrogen) atoms. The van der Waals surface area contributed by atoms with Crippen molar-refractivity contribution in [2.45, 2.75) is 50.7 Å². The first-order valence-corrected chi connectivity index (χ1v) is 14.2. The highest BCUT2D eigenvalue weighted by Gasteiger charge is 2.33. The van der Waals surface area contributed by atoms with Gasteiger partial charge in [0.25, 0.3) is 0 Å². The number of sulfonamides is 1. The molecule has 202 valence electrons. The Labute approximate surface area is 230 Å². The van der Waals surface area contributed by atoms with Crippen LogP contribution in [0.5, 0.6) is 0 Å². The molecule has 0 heterocycles. The largest absolute Gasteiger partial charge is 0.352 e. The summed E-state index contributed by atoms with van der Waals surface area (Å²) in [5, 5.41) is 3.47. The third-order valence-corrected chi connectivity index (χ3v) is 8.12. The molecule has 7 nitrogen and oxygen atoms in total. The first-order chi connectivity index (χ1) is 18.0. The Morgan fingerprint density at radius 3 is 2.08 bits per heavy atom. The second kappa shape index (κ2) is 13.0. The van der Waals surface area contributed by atoms with E-state index in [4.69, 9.17) is 11.6 Å². The van der Waals surface area contributed by atoms with Gasteiger partial charge in [0.1, 0.15) is 6.04 Å². The van der Waals surface area contributed by atoms with Gasteiger partial charge in [0.05, 0.1) is 11.4 Å². The van der Waals surface area contributed by atoms with Crippen LogP contribution in [-0.2, 0) is 32.6 Å². The highest BCUT2D eigenvalue weighted by atomic mass is 35.5. The lowest BCUT2D eigenvalue weighted by Gasteiger charge is -2.33. The highest BCUT2D eigenvalue weighted by Crippen LogP contribution is 2.19. The van der Waals surface area contributed by atoms with E-state index < -0.39 is 28.5 Å². The molecule has 0 aromatic heterocycles. The molecule has 3 aromatic rings. The number of rotatable bonds is 11. The predicted octanol–water partition coefficient (Wildman–Crippen LogP) is 4.43. The van der Waals surface area contributed by atoms with Gasteiger partial charge in [0.2, 0.25) is 21.8 Å². The maximum atomic E-state index is 13.8. The number of nitrogens with zero attached hydrogens (tertiary/aromatic N) is 2. The number of nitrogens with one attached hydrogen (secondary N) is 1. The zero-order valence-corrected chi connectivity index (χ0v) is 23.7. The van der Waals surface area contributed by atoms with Crippen molar-refractivity contribution in [3.8, 4) is 0 Å². The number of amides is 2. The molecule has 0 unspecified atom stereocenters. The van der Waals surface area contributed by atoms with Gasteiger partial charge in [-0.05, 0) is 56.2 Å². The summed E-state index contributed by atoms with van der Waals surface area (Å²) in [6.45, 7) is 5.25. The quantitative estimate of drug-likeness (QED) is 0.379. The number of halogens is 1. The molecular weight excluding hydrogens is 522 g/mol. The van der Waals surface area contributed by atoms with Crippen LogP contribution in [0.15, 0.2) is 83.8 Å². The van der Waals surface area contributed by atoms with Crippen LogP contribution in [0.3, 0.4) is 0 Å². The third kappa shape index (κ3) is 7.90. The number of carbonyl (C=O) groups excluding carboxylic acids is 2. The maximum absolute atomic E-state index is 13.8. The van der Waals surface area contributed by atoms with Crippen molar-refractivity contribution in [1.29, 1.82) is 0 Å². The van der Waals surface area contributed by atoms with Crippen molar-refractivity contribution in [2.75, 3.05) is 13.6 Å². The number of hydrogen-bond acceptors (Lipinski definition) is 4. The number of hydrogen-bond donors (Lipinski definition) is 1. The second-order valence-corrected chi connectivity index (χ2v) is 12.1. The molecule has 1 N–H and O–H groups in total. The molecule has 0 saturated carbocycles. The number of benzene rings is 3. The maximum Gasteiger partial charge on any atom is 0.243 e. The molecular formula is C29H34ClN3O4S. The van der Waals surface area contributed by atoms with Crippen LogP contribution in [0.2, 0.25) is 5.02 Å². The molecule has 1 atom stereocenters. The fourth-order valence-electron chi connectivity index (χ4n) is 3.98. The van der Waals surface area contributed by atoms with Crippen LogP contribution in [0, 0.1) is 6.92 Å². The van der Waals surface area contributed by atoms with E-state index in [0.29, 0.717) is 5.02 Å². The summed E-state index contributed by atoms with van der Waals surface area (Å²) >= 11 is 6.06. The number of carbonyl (C=O) groups is 2. The molecule has 3 rings (SSSR count). The van der Waals surface area contributed by atoms with Crippen molar-refractivity contribution in [3.63, 3.8) is 0 Å². The lowest BCUT2D eigenvalue weighted by atomic mass is 10.0. The minimum Gasteiger partial charge on any atom is -0.352 e. The Morgan fingerprint density at radius 1 is 0.895 bits per heavy atom. The third-order valence-electron chi connectivity index (χ3n) is 6.06. The van der Waals surface area contributed by atoms with E-state index in [1.54, 1.807) is 36.4 Å². The summed E-state index contributed by atoms with van der Waals surface area (Å²) in [5.74, 6) is -0.798. The van der Waals surface area contributed by atoms with Gasteiger partial charge in [-0.15, -0.1) is 0 Å². The Bertz CT molecular complexity index is 1330. The topological polar surface area (TPSA) is 86.8 Å². The molecule has 0 bridgehead atoms. The summed E-state index contributed by atoms with van der Waals surface area (Å²) in [7, 11) is -2.55. The van der Waals surface area contributed by atoms with Crippen molar-refractivity contribution < 1.29 is 18.0 Å². The smallest absolute Gasteiger partial charge is 0.243 e. The minimum atomic E-state index is -3.92. The zero-order valence-electron chi connectivity index (χ0n) is 22.1. The van der Waals surface area contributed by atoms with E-state index in [-0.39, 0.29) is 29.8 Å². The van der Waals surface area contributed by atoms with Crippen LogP contribution in [0.1, 0.15) is 30.5 Å². The van der Waals surface area contributed by atoms with Gasteiger partial charge in [-0.25, -0.2) is 8.42 Å². The van der Waals surface area contributed by atoms with Crippen LogP contribution < -0.4 is 5.32 Å². The SMILES string of the molecule is Cc1ccc(S(=O)(=O)N(C)CC(=O)N(Cc2ccc(Cl)cc2)[C@H](Cc2ccccc2)C(=O)NC(C)C)cc1. The lowest BCUT2D eigenvalue weighted by Crippen LogP contribution is -2.53. The van der Waals surface area contributed by atoms with Gasteiger partial charge in [-0.3, -0.25) is 9.59 Å². The van der Waals surface area contributed by atoms with Gasteiger partial charge in [0.15, 0.2) is 0 Å². The molecule has 0 aliphatic heterocycles. The first kappa shape index (κ1) is 29.4. The average Bonchev–Trinajstić information content (AvgIpc) is 2.87. The van der Waals surface area contributed by atoms with Crippen molar-refractivity contribution in [1.82, 2.24) is 14.5 Å². The lowest BCUT2D eigenvalue weighted by molar-refractivity contribution is -0.141. The average molecular weight is 556 g/mol. The fraction of sp³-hybridized carbons (Fsp3) is 0.310. The molecule has 9 heteroatoms. The zero-order chi connectivity index (χ0) is 27.9. The van der Waals surface area contributed by atoms with Crippen LogP contribution in [-0.4, -0.2) is 55.1 Å². The Kier molecular flexibility index (Phi) is 10.1. The Morgan fingerprint density at radius 2 is 1.50 bits per heavy atom. The van der Waals surface area contributed by atoms with E-state index in [0.717, 1.165) is 21.0 Å². The van der Waals surface area contributed by atoms with Gasteiger partial charge >= 0.3 is 0 Å². The summed E-state index contributed by atoms with van der Waals surface area (Å²) in [6.07, 6.45) is 0.271.